The van der Waals surface area contributed by atoms with Crippen LogP contribution in [0.4, 0.5) is 5.95 Å². The molecule has 2 N–H and O–H groups in total. The second-order valence-corrected chi connectivity index (χ2v) is 5.21. The number of hydrogen-bond donors (Lipinski definition) is 1. The molecule has 5 heteroatoms. The zero-order valence-corrected chi connectivity index (χ0v) is 10.2. The van der Waals surface area contributed by atoms with Gasteiger partial charge in [-0.15, -0.1) is 11.3 Å². The number of fused-ring (bicyclic) bond motifs is 1. The minimum Gasteiger partial charge on any atom is -0.369 e. The second-order valence-electron chi connectivity index (χ2n) is 3.89. The Balaban J connectivity index is 2.08. The van der Waals surface area contributed by atoms with Gasteiger partial charge in [0.05, 0.1) is 22.6 Å². The Labute approximate surface area is 103 Å². The average Bonchev–Trinajstić information content (AvgIpc) is 2.85. The second kappa shape index (κ2) is 3.85. The van der Waals surface area contributed by atoms with Gasteiger partial charge >= 0.3 is 0 Å². The Morgan fingerprint density at radius 2 is 2.18 bits per heavy atom. The maximum Gasteiger partial charge on any atom is 0.201 e. The number of aryl methyl sites for hydroxylation is 1. The molecule has 0 saturated heterocycles. The molecular formula is C12H12N4S. The molecular weight excluding hydrogens is 232 g/mol. The lowest BCUT2D eigenvalue weighted by atomic mass is 10.3. The molecule has 0 atom stereocenters. The average molecular weight is 244 g/mol. The molecule has 4 nitrogen and oxygen atoms in total. The van der Waals surface area contributed by atoms with E-state index in [4.69, 9.17) is 5.73 Å². The number of thiazole rings is 1. The number of nitrogens with two attached hydrogens (primary N) is 1. The van der Waals surface area contributed by atoms with Crippen LogP contribution >= 0.6 is 11.3 Å². The Kier molecular flexibility index (Phi) is 2.33. The third kappa shape index (κ3) is 1.78. The molecule has 2 heterocycles. The van der Waals surface area contributed by atoms with Gasteiger partial charge in [-0.05, 0) is 19.1 Å². The first-order valence-electron chi connectivity index (χ1n) is 5.36. The van der Waals surface area contributed by atoms with Crippen molar-refractivity contribution in [1.82, 2.24) is 14.5 Å². The maximum atomic E-state index is 5.94. The van der Waals surface area contributed by atoms with Gasteiger partial charge in [-0.1, -0.05) is 12.1 Å². The lowest BCUT2D eigenvalue weighted by molar-refractivity contribution is 0.850. The van der Waals surface area contributed by atoms with Crippen LogP contribution in [0.25, 0.3) is 11.0 Å². The van der Waals surface area contributed by atoms with Gasteiger partial charge in [0.15, 0.2) is 0 Å². The van der Waals surface area contributed by atoms with Gasteiger partial charge in [0.1, 0.15) is 0 Å². The molecule has 3 rings (SSSR count). The standard InChI is InChI=1S/C12H12N4S/c1-8-14-6-9(17-8)7-16-11-5-3-2-4-10(11)15-12(16)13/h2-6H,7H2,1H3,(H2,13,15). The van der Waals surface area contributed by atoms with E-state index in [9.17, 15) is 0 Å². The maximum absolute atomic E-state index is 5.94. The number of rotatable bonds is 2. The number of imidazole rings is 1. The normalized spacial score (nSPS) is 11.1. The molecule has 0 aliphatic rings. The van der Waals surface area contributed by atoms with Crippen molar-refractivity contribution in [2.45, 2.75) is 13.5 Å². The molecule has 1 aromatic carbocycles. The summed E-state index contributed by atoms with van der Waals surface area (Å²) in [4.78, 5) is 9.78. The van der Waals surface area contributed by atoms with Crippen LogP contribution in [0.5, 0.6) is 0 Å². The Morgan fingerprint density at radius 1 is 1.35 bits per heavy atom. The molecule has 3 aromatic rings. The van der Waals surface area contributed by atoms with Gasteiger partial charge in [0.2, 0.25) is 5.95 Å². The lowest BCUT2D eigenvalue weighted by Gasteiger charge is -2.03. The van der Waals surface area contributed by atoms with Gasteiger partial charge in [0.25, 0.3) is 0 Å². The summed E-state index contributed by atoms with van der Waals surface area (Å²) in [5, 5.41) is 1.07. The van der Waals surface area contributed by atoms with E-state index in [1.54, 1.807) is 11.3 Å². The Morgan fingerprint density at radius 3 is 2.94 bits per heavy atom. The summed E-state index contributed by atoms with van der Waals surface area (Å²) in [5.74, 6) is 0.553. The molecule has 0 saturated carbocycles. The minimum atomic E-state index is 0.553. The highest BCUT2D eigenvalue weighted by atomic mass is 32.1. The topological polar surface area (TPSA) is 56.7 Å². The van der Waals surface area contributed by atoms with Gasteiger partial charge in [-0.2, -0.15) is 0 Å². The van der Waals surface area contributed by atoms with E-state index in [-0.39, 0.29) is 0 Å². The number of benzene rings is 1. The number of para-hydroxylation sites is 2. The van der Waals surface area contributed by atoms with Crippen molar-refractivity contribution in [2.75, 3.05) is 5.73 Å². The highest BCUT2D eigenvalue weighted by Crippen LogP contribution is 2.21. The first kappa shape index (κ1) is 10.3. The van der Waals surface area contributed by atoms with Gasteiger partial charge in [-0.25, -0.2) is 9.97 Å². The molecule has 0 aliphatic heterocycles. The minimum absolute atomic E-state index is 0.553. The third-order valence-electron chi connectivity index (χ3n) is 2.67. The molecule has 0 amide bonds. The summed E-state index contributed by atoms with van der Waals surface area (Å²) in [6.45, 7) is 2.74. The largest absolute Gasteiger partial charge is 0.369 e. The fraction of sp³-hybridized carbons (Fsp3) is 0.167. The van der Waals surface area contributed by atoms with E-state index in [1.807, 2.05) is 42.0 Å². The van der Waals surface area contributed by atoms with Gasteiger partial charge in [-0.3, -0.25) is 0 Å². The summed E-state index contributed by atoms with van der Waals surface area (Å²) >= 11 is 1.69. The van der Waals surface area contributed by atoms with Crippen molar-refractivity contribution in [3.63, 3.8) is 0 Å². The molecule has 0 fully saturated rings. The van der Waals surface area contributed by atoms with Crippen molar-refractivity contribution < 1.29 is 0 Å². The van der Waals surface area contributed by atoms with Crippen molar-refractivity contribution in [3.05, 3.63) is 40.3 Å². The summed E-state index contributed by atoms with van der Waals surface area (Å²) in [6.07, 6.45) is 1.90. The van der Waals surface area contributed by atoms with Crippen molar-refractivity contribution in [2.24, 2.45) is 0 Å². The number of nitrogens with zero attached hydrogens (tertiary/aromatic N) is 3. The van der Waals surface area contributed by atoms with E-state index in [0.29, 0.717) is 5.95 Å². The summed E-state index contributed by atoms with van der Waals surface area (Å²) in [7, 11) is 0. The number of anilines is 1. The number of hydrogen-bond acceptors (Lipinski definition) is 4. The summed E-state index contributed by atoms with van der Waals surface area (Å²) in [6, 6.07) is 7.97. The van der Waals surface area contributed by atoms with Crippen molar-refractivity contribution in [1.29, 1.82) is 0 Å². The predicted octanol–water partition coefficient (Wildman–Crippen LogP) is 2.43. The number of aromatic nitrogens is 3. The molecule has 2 aromatic heterocycles. The van der Waals surface area contributed by atoms with Crippen LogP contribution in [0.1, 0.15) is 9.88 Å². The van der Waals surface area contributed by atoms with Crippen LogP contribution in [-0.2, 0) is 6.54 Å². The van der Waals surface area contributed by atoms with Crippen LogP contribution in [-0.4, -0.2) is 14.5 Å². The van der Waals surface area contributed by atoms with Crippen LogP contribution in [0.2, 0.25) is 0 Å². The van der Waals surface area contributed by atoms with Crippen LogP contribution in [0, 0.1) is 6.92 Å². The summed E-state index contributed by atoms with van der Waals surface area (Å²) < 4.78 is 2.02. The van der Waals surface area contributed by atoms with Gasteiger partial charge < -0.3 is 10.3 Å². The van der Waals surface area contributed by atoms with E-state index in [0.717, 1.165) is 22.6 Å². The quantitative estimate of drug-likeness (QED) is 0.753. The van der Waals surface area contributed by atoms with E-state index >= 15 is 0 Å². The smallest absolute Gasteiger partial charge is 0.201 e. The fourth-order valence-electron chi connectivity index (χ4n) is 1.89. The number of nitrogen functional groups attached to an aromatic ring is 1. The first-order valence-corrected chi connectivity index (χ1v) is 6.18. The molecule has 0 unspecified atom stereocenters. The van der Waals surface area contributed by atoms with Crippen molar-refractivity contribution in [3.8, 4) is 0 Å². The first-order chi connectivity index (χ1) is 8.24. The highest BCUT2D eigenvalue weighted by Gasteiger charge is 2.08. The summed E-state index contributed by atoms with van der Waals surface area (Å²) in [5.41, 5.74) is 7.95. The molecule has 0 radical (unpaired) electrons. The molecule has 0 bridgehead atoms. The van der Waals surface area contributed by atoms with Crippen LogP contribution in [0.3, 0.4) is 0 Å². The third-order valence-corrected chi connectivity index (χ3v) is 3.56. The van der Waals surface area contributed by atoms with Gasteiger partial charge in [0, 0.05) is 11.1 Å². The monoisotopic (exact) mass is 244 g/mol. The van der Waals surface area contributed by atoms with Crippen LogP contribution < -0.4 is 5.73 Å². The SMILES string of the molecule is Cc1ncc(Cn2c(N)nc3ccccc32)s1. The van der Waals surface area contributed by atoms with E-state index in [1.165, 1.54) is 4.88 Å². The Hall–Kier alpha value is -1.88. The predicted molar refractivity (Wildman–Crippen MR) is 70.1 cm³/mol. The fourth-order valence-corrected chi connectivity index (χ4v) is 2.68. The molecule has 0 aliphatic carbocycles. The van der Waals surface area contributed by atoms with Crippen molar-refractivity contribution >= 4 is 28.3 Å². The van der Waals surface area contributed by atoms with Crippen LogP contribution in [0.15, 0.2) is 30.5 Å². The van der Waals surface area contributed by atoms with E-state index < -0.39 is 0 Å². The highest BCUT2D eigenvalue weighted by molar-refractivity contribution is 7.11. The zero-order valence-electron chi connectivity index (χ0n) is 9.42. The van der Waals surface area contributed by atoms with E-state index in [2.05, 4.69) is 9.97 Å². The molecule has 86 valence electrons. The lowest BCUT2D eigenvalue weighted by Crippen LogP contribution is -2.03. The molecule has 0 spiro atoms. The Bertz CT molecular complexity index is 668. The molecule has 17 heavy (non-hydrogen) atoms. The zero-order chi connectivity index (χ0) is 11.8.